The van der Waals surface area contributed by atoms with Crippen LogP contribution in [0.5, 0.6) is 17.2 Å². The molecule has 0 saturated carbocycles. The summed E-state index contributed by atoms with van der Waals surface area (Å²) in [6, 6.07) is 7.53. The maximum atomic E-state index is 12.2. The molecule has 0 aliphatic rings. The number of ether oxygens (including phenoxy) is 2. The zero-order valence-electron chi connectivity index (χ0n) is 16.9. The molecule has 0 fully saturated rings. The molecule has 0 aromatic heterocycles. The lowest BCUT2D eigenvalue weighted by Gasteiger charge is -2.11. The van der Waals surface area contributed by atoms with Crippen molar-refractivity contribution in [3.63, 3.8) is 0 Å². The highest BCUT2D eigenvalue weighted by molar-refractivity contribution is 6.32. The molecular weight excluding hydrogens is 408 g/mol. The van der Waals surface area contributed by atoms with Crippen molar-refractivity contribution in [1.29, 1.82) is 0 Å². The largest absolute Gasteiger partial charge is 0.506 e. The molecule has 30 heavy (non-hydrogen) atoms. The number of phenols is 1. The average Bonchev–Trinajstić information content (AvgIpc) is 2.74. The Kier molecular flexibility index (Phi) is 8.54. The van der Waals surface area contributed by atoms with Gasteiger partial charge in [0.05, 0.1) is 37.1 Å². The number of benzene rings is 2. The van der Waals surface area contributed by atoms with E-state index in [4.69, 9.17) is 21.1 Å². The third-order valence-electron chi connectivity index (χ3n) is 4.12. The molecule has 2 aromatic carbocycles. The van der Waals surface area contributed by atoms with Gasteiger partial charge >= 0.3 is 0 Å². The summed E-state index contributed by atoms with van der Waals surface area (Å²) in [5, 5.41) is 23.1. The van der Waals surface area contributed by atoms with Gasteiger partial charge < -0.3 is 19.7 Å². The number of hydrazone groups is 1. The van der Waals surface area contributed by atoms with E-state index in [2.05, 4.69) is 22.4 Å². The number of phenolic OH excluding ortho intramolecular Hbond substituents is 1. The molecule has 0 aliphatic heterocycles. The molecule has 1 amide bonds. The Hall–Kier alpha value is -3.21. The summed E-state index contributed by atoms with van der Waals surface area (Å²) in [7, 11) is 3.02. The van der Waals surface area contributed by atoms with Crippen molar-refractivity contribution in [3.8, 4) is 29.1 Å². The molecule has 2 rings (SSSR count). The van der Waals surface area contributed by atoms with Crippen LogP contribution in [0.2, 0.25) is 5.02 Å². The van der Waals surface area contributed by atoms with E-state index in [1.807, 2.05) is 6.92 Å². The molecule has 2 aromatic rings. The van der Waals surface area contributed by atoms with Gasteiger partial charge in [-0.1, -0.05) is 30.4 Å². The molecule has 0 radical (unpaired) electrons. The first-order valence-electron chi connectivity index (χ1n) is 9.14. The van der Waals surface area contributed by atoms with Gasteiger partial charge in [0.1, 0.15) is 5.75 Å². The minimum atomic E-state index is -0.487. The Morgan fingerprint density at radius 2 is 2.07 bits per heavy atom. The van der Waals surface area contributed by atoms with Crippen LogP contribution in [0, 0.1) is 11.8 Å². The van der Waals surface area contributed by atoms with Crippen LogP contribution in [0.1, 0.15) is 41.3 Å². The zero-order chi connectivity index (χ0) is 22.1. The lowest BCUT2D eigenvalue weighted by atomic mass is 10.1. The van der Waals surface area contributed by atoms with E-state index in [1.165, 1.54) is 38.6 Å². The fourth-order valence-electron chi connectivity index (χ4n) is 2.44. The molecule has 1 atom stereocenters. The van der Waals surface area contributed by atoms with E-state index in [1.54, 1.807) is 12.1 Å². The lowest BCUT2D eigenvalue weighted by Crippen LogP contribution is -2.17. The highest BCUT2D eigenvalue weighted by Crippen LogP contribution is 2.31. The van der Waals surface area contributed by atoms with Gasteiger partial charge in [-0.15, -0.1) is 0 Å². The van der Waals surface area contributed by atoms with Crippen molar-refractivity contribution in [1.82, 2.24) is 5.43 Å². The Morgan fingerprint density at radius 3 is 2.70 bits per heavy atom. The van der Waals surface area contributed by atoms with Gasteiger partial charge in [0.2, 0.25) is 0 Å². The van der Waals surface area contributed by atoms with Crippen LogP contribution in [0.15, 0.2) is 35.4 Å². The number of nitrogens with zero attached hydrogens (tertiary/aromatic N) is 1. The Labute approximate surface area is 180 Å². The van der Waals surface area contributed by atoms with Crippen molar-refractivity contribution < 1.29 is 24.5 Å². The second-order valence-electron chi connectivity index (χ2n) is 6.24. The van der Waals surface area contributed by atoms with Gasteiger partial charge in [0, 0.05) is 12.0 Å². The van der Waals surface area contributed by atoms with Crippen LogP contribution in [-0.2, 0) is 0 Å². The number of hydrogen-bond acceptors (Lipinski definition) is 6. The predicted molar refractivity (Wildman–Crippen MR) is 116 cm³/mol. The quantitative estimate of drug-likeness (QED) is 0.355. The van der Waals surface area contributed by atoms with Crippen molar-refractivity contribution in [2.45, 2.75) is 25.9 Å². The molecule has 0 heterocycles. The van der Waals surface area contributed by atoms with Crippen molar-refractivity contribution in [2.75, 3.05) is 14.2 Å². The molecule has 0 aliphatic carbocycles. The summed E-state index contributed by atoms with van der Waals surface area (Å²) in [4.78, 5) is 12.2. The number of carbonyl (C=O) groups excluding carboxylic acids is 1. The molecule has 8 heteroatoms. The van der Waals surface area contributed by atoms with Crippen molar-refractivity contribution >= 4 is 23.7 Å². The normalized spacial score (nSPS) is 11.5. The standard InChI is InChI=1S/C22H23ClN2O5/c1-4-17(26)7-5-6-15-10-14(11-20(29-2)21(15)30-3)13-24-25-22(28)16-8-9-19(27)18(23)12-16/h8-13,17,26-27H,4,7H2,1-3H3,(H,25,28)/b24-13+. The first kappa shape index (κ1) is 23.1. The predicted octanol–water partition coefficient (Wildman–Crippen LogP) is 3.34. The monoisotopic (exact) mass is 430 g/mol. The highest BCUT2D eigenvalue weighted by Gasteiger charge is 2.11. The van der Waals surface area contributed by atoms with E-state index in [0.717, 1.165) is 0 Å². The van der Waals surface area contributed by atoms with Gasteiger partial charge in [-0.3, -0.25) is 4.79 Å². The van der Waals surface area contributed by atoms with Crippen LogP contribution in [0.4, 0.5) is 0 Å². The topological polar surface area (TPSA) is 100 Å². The van der Waals surface area contributed by atoms with E-state index in [0.29, 0.717) is 35.5 Å². The minimum Gasteiger partial charge on any atom is -0.506 e. The molecule has 7 nitrogen and oxygen atoms in total. The van der Waals surface area contributed by atoms with Crippen LogP contribution in [-0.4, -0.2) is 42.7 Å². The third-order valence-corrected chi connectivity index (χ3v) is 4.43. The minimum absolute atomic E-state index is 0.0722. The molecule has 0 bridgehead atoms. The van der Waals surface area contributed by atoms with Gasteiger partial charge in [0.25, 0.3) is 5.91 Å². The van der Waals surface area contributed by atoms with Crippen LogP contribution >= 0.6 is 11.6 Å². The fourth-order valence-corrected chi connectivity index (χ4v) is 2.62. The number of rotatable bonds is 7. The average molecular weight is 431 g/mol. The van der Waals surface area contributed by atoms with Crippen LogP contribution < -0.4 is 14.9 Å². The maximum Gasteiger partial charge on any atom is 0.271 e. The van der Waals surface area contributed by atoms with Gasteiger partial charge in [-0.05, 0) is 42.3 Å². The zero-order valence-corrected chi connectivity index (χ0v) is 17.7. The number of nitrogens with one attached hydrogen (secondary N) is 1. The van der Waals surface area contributed by atoms with Gasteiger partial charge in [-0.2, -0.15) is 5.10 Å². The number of aliphatic hydroxyl groups is 1. The first-order valence-corrected chi connectivity index (χ1v) is 9.52. The smallest absolute Gasteiger partial charge is 0.271 e. The second kappa shape index (κ2) is 11.1. The second-order valence-corrected chi connectivity index (χ2v) is 6.64. The Morgan fingerprint density at radius 1 is 1.30 bits per heavy atom. The van der Waals surface area contributed by atoms with E-state index >= 15 is 0 Å². The third kappa shape index (κ3) is 6.14. The molecule has 0 saturated heterocycles. The molecule has 0 spiro atoms. The summed E-state index contributed by atoms with van der Waals surface area (Å²) in [5.74, 6) is 6.24. The van der Waals surface area contributed by atoms with Gasteiger partial charge in [-0.25, -0.2) is 5.43 Å². The SMILES string of the molecule is CCC(O)CC#Cc1cc(/C=N/NC(=O)c2ccc(O)c(Cl)c2)cc(OC)c1OC. The van der Waals surface area contributed by atoms with E-state index in [9.17, 15) is 15.0 Å². The summed E-state index contributed by atoms with van der Waals surface area (Å²) >= 11 is 5.81. The number of halogens is 1. The number of methoxy groups -OCH3 is 2. The summed E-state index contributed by atoms with van der Waals surface area (Å²) < 4.78 is 10.7. The number of aliphatic hydroxyl groups excluding tert-OH is 1. The number of amides is 1. The Balaban J connectivity index is 2.22. The van der Waals surface area contributed by atoms with Crippen LogP contribution in [0.3, 0.4) is 0 Å². The highest BCUT2D eigenvalue weighted by atomic mass is 35.5. The summed E-state index contributed by atoms with van der Waals surface area (Å²) in [6.07, 6.45) is 1.91. The maximum absolute atomic E-state index is 12.2. The molecular formula is C22H23ClN2O5. The molecule has 158 valence electrons. The fraction of sp³-hybridized carbons (Fsp3) is 0.273. The molecule has 1 unspecified atom stereocenters. The van der Waals surface area contributed by atoms with E-state index < -0.39 is 12.0 Å². The van der Waals surface area contributed by atoms with E-state index in [-0.39, 0.29) is 16.3 Å². The first-order chi connectivity index (χ1) is 14.4. The molecule has 3 N–H and O–H groups in total. The van der Waals surface area contributed by atoms with Crippen molar-refractivity contribution in [3.05, 3.63) is 52.0 Å². The Bertz CT molecular complexity index is 995. The number of hydrogen-bond donors (Lipinski definition) is 3. The van der Waals surface area contributed by atoms with Gasteiger partial charge in [0.15, 0.2) is 11.5 Å². The van der Waals surface area contributed by atoms with Crippen LogP contribution in [0.25, 0.3) is 0 Å². The van der Waals surface area contributed by atoms with Crippen molar-refractivity contribution in [2.24, 2.45) is 5.10 Å². The number of carbonyl (C=O) groups is 1. The number of aromatic hydroxyl groups is 1. The lowest BCUT2D eigenvalue weighted by molar-refractivity contribution is 0.0955. The summed E-state index contributed by atoms with van der Waals surface area (Å²) in [6.45, 7) is 1.88. The summed E-state index contributed by atoms with van der Waals surface area (Å²) in [5.41, 5.74) is 3.84.